The second kappa shape index (κ2) is 5.74. The third-order valence-corrected chi connectivity index (χ3v) is 3.53. The number of rotatable bonds is 3. The van der Waals surface area contributed by atoms with Crippen LogP contribution in [0, 0.1) is 11.3 Å². The monoisotopic (exact) mass is 288 g/mol. The summed E-state index contributed by atoms with van der Waals surface area (Å²) in [4.78, 5) is 6.37. The van der Waals surface area contributed by atoms with Gasteiger partial charge >= 0.3 is 0 Å². The number of pyridine rings is 1. The van der Waals surface area contributed by atoms with Crippen molar-refractivity contribution in [1.82, 2.24) is 4.98 Å². The zero-order valence-corrected chi connectivity index (χ0v) is 12.5. The number of nitrogens with zero attached hydrogens (tertiary/aromatic N) is 3. The topological polar surface area (TPSA) is 52.0 Å². The highest BCUT2D eigenvalue weighted by Crippen LogP contribution is 2.29. The van der Waals surface area contributed by atoms with E-state index >= 15 is 0 Å². The van der Waals surface area contributed by atoms with Crippen LogP contribution in [0.15, 0.2) is 54.7 Å². The Hall–Kier alpha value is -3.06. The van der Waals surface area contributed by atoms with Crippen molar-refractivity contribution >= 4 is 28.0 Å². The number of hydrogen-bond acceptors (Lipinski definition) is 4. The van der Waals surface area contributed by atoms with Crippen LogP contribution < -0.4 is 10.2 Å². The predicted molar refractivity (Wildman–Crippen MR) is 90.5 cm³/mol. The molecule has 22 heavy (non-hydrogen) atoms. The maximum atomic E-state index is 9.36. The Morgan fingerprint density at radius 2 is 1.91 bits per heavy atom. The van der Waals surface area contributed by atoms with Gasteiger partial charge in [-0.25, -0.2) is 0 Å². The molecule has 0 atom stereocenters. The maximum absolute atomic E-state index is 9.36. The fraction of sp³-hybridized carbons (Fsp3) is 0.111. The summed E-state index contributed by atoms with van der Waals surface area (Å²) < 4.78 is 0. The largest absolute Gasteiger partial charge is 0.378 e. The van der Waals surface area contributed by atoms with Gasteiger partial charge in [0.2, 0.25) is 0 Å². The number of nitrogens with one attached hydrogen (secondary N) is 1. The van der Waals surface area contributed by atoms with Gasteiger partial charge in [-0.1, -0.05) is 24.3 Å². The average molecular weight is 288 g/mol. The molecule has 1 N–H and O–H groups in total. The smallest absolute Gasteiger partial charge is 0.103 e. The highest BCUT2D eigenvalue weighted by atomic mass is 15.1. The molecule has 1 aromatic heterocycles. The highest BCUT2D eigenvalue weighted by molar-refractivity contribution is 5.95. The first-order chi connectivity index (χ1) is 10.7. The molecule has 1 heterocycles. The summed E-state index contributed by atoms with van der Waals surface area (Å²) in [6.45, 7) is 0. The number of benzene rings is 2. The van der Waals surface area contributed by atoms with Gasteiger partial charge in [-0.15, -0.1) is 0 Å². The summed E-state index contributed by atoms with van der Waals surface area (Å²) in [6.07, 6.45) is 1.61. The molecular formula is C18H16N4. The van der Waals surface area contributed by atoms with Crippen molar-refractivity contribution in [3.8, 4) is 6.07 Å². The van der Waals surface area contributed by atoms with Crippen LogP contribution in [-0.2, 0) is 0 Å². The lowest BCUT2D eigenvalue weighted by molar-refractivity contribution is 1.13. The van der Waals surface area contributed by atoms with Crippen LogP contribution in [0.5, 0.6) is 0 Å². The molecule has 0 aliphatic heterocycles. The first kappa shape index (κ1) is 13.9. The minimum absolute atomic E-state index is 0.536. The first-order valence-corrected chi connectivity index (χ1v) is 7.01. The van der Waals surface area contributed by atoms with Crippen LogP contribution in [0.3, 0.4) is 0 Å². The lowest BCUT2D eigenvalue weighted by atomic mass is 10.1. The van der Waals surface area contributed by atoms with Crippen LogP contribution >= 0.6 is 0 Å². The van der Waals surface area contributed by atoms with Gasteiger partial charge in [0.1, 0.15) is 6.07 Å². The number of fused-ring (bicyclic) bond motifs is 1. The molecule has 0 saturated carbocycles. The van der Waals surface area contributed by atoms with E-state index in [0.717, 1.165) is 28.0 Å². The number of aromatic nitrogens is 1. The number of para-hydroxylation sites is 1. The van der Waals surface area contributed by atoms with Gasteiger partial charge in [0.25, 0.3) is 0 Å². The molecular weight excluding hydrogens is 272 g/mol. The molecule has 4 heteroatoms. The SMILES string of the molecule is CN(C)c1cccc(Nc2c(C#N)cnc3ccccc23)c1. The van der Waals surface area contributed by atoms with E-state index in [4.69, 9.17) is 0 Å². The van der Waals surface area contributed by atoms with Gasteiger partial charge < -0.3 is 10.2 Å². The van der Waals surface area contributed by atoms with Gasteiger partial charge in [0.15, 0.2) is 0 Å². The van der Waals surface area contributed by atoms with E-state index in [1.807, 2.05) is 61.5 Å². The summed E-state index contributed by atoms with van der Waals surface area (Å²) in [5, 5.41) is 13.7. The Kier molecular flexibility index (Phi) is 3.63. The normalized spacial score (nSPS) is 10.2. The molecule has 0 saturated heterocycles. The van der Waals surface area contributed by atoms with E-state index in [-0.39, 0.29) is 0 Å². The zero-order valence-electron chi connectivity index (χ0n) is 12.5. The molecule has 0 aliphatic carbocycles. The summed E-state index contributed by atoms with van der Waals surface area (Å²) >= 11 is 0. The van der Waals surface area contributed by atoms with Crippen molar-refractivity contribution in [2.75, 3.05) is 24.3 Å². The van der Waals surface area contributed by atoms with Crippen LogP contribution in [0.25, 0.3) is 10.9 Å². The minimum Gasteiger partial charge on any atom is -0.378 e. The van der Waals surface area contributed by atoms with E-state index in [1.165, 1.54) is 0 Å². The standard InChI is InChI=1S/C18H16N4/c1-22(2)15-7-5-6-14(10-15)21-18-13(11-19)12-20-17-9-4-3-8-16(17)18/h3-10,12H,1-2H3,(H,20,21). The fourth-order valence-corrected chi connectivity index (χ4v) is 2.37. The Morgan fingerprint density at radius 1 is 1.09 bits per heavy atom. The van der Waals surface area contributed by atoms with E-state index in [9.17, 15) is 5.26 Å². The molecule has 0 unspecified atom stereocenters. The molecule has 0 amide bonds. The Balaban J connectivity index is 2.10. The van der Waals surface area contributed by atoms with Crippen molar-refractivity contribution in [1.29, 1.82) is 5.26 Å². The molecule has 3 rings (SSSR count). The quantitative estimate of drug-likeness (QED) is 0.793. The highest BCUT2D eigenvalue weighted by Gasteiger charge is 2.09. The van der Waals surface area contributed by atoms with Gasteiger partial charge in [-0.05, 0) is 24.3 Å². The molecule has 0 fully saturated rings. The maximum Gasteiger partial charge on any atom is 0.103 e. The van der Waals surface area contributed by atoms with Gasteiger partial charge in [0, 0.05) is 37.1 Å². The number of nitriles is 1. The van der Waals surface area contributed by atoms with Crippen LogP contribution in [-0.4, -0.2) is 19.1 Å². The summed E-state index contributed by atoms with van der Waals surface area (Å²) in [5.41, 5.74) is 4.24. The average Bonchev–Trinajstić information content (AvgIpc) is 2.55. The van der Waals surface area contributed by atoms with Crippen molar-refractivity contribution in [2.24, 2.45) is 0 Å². The molecule has 3 aromatic rings. The number of hydrogen-bond donors (Lipinski definition) is 1. The summed E-state index contributed by atoms with van der Waals surface area (Å²) in [6, 6.07) is 18.1. The Labute approximate surface area is 129 Å². The molecule has 0 bridgehead atoms. The fourth-order valence-electron chi connectivity index (χ4n) is 2.37. The Morgan fingerprint density at radius 3 is 2.68 bits per heavy atom. The van der Waals surface area contributed by atoms with E-state index < -0.39 is 0 Å². The summed E-state index contributed by atoms with van der Waals surface area (Å²) in [7, 11) is 4.00. The molecule has 0 radical (unpaired) electrons. The first-order valence-electron chi connectivity index (χ1n) is 7.01. The second-order valence-corrected chi connectivity index (χ2v) is 5.25. The lowest BCUT2D eigenvalue weighted by Crippen LogP contribution is -2.08. The summed E-state index contributed by atoms with van der Waals surface area (Å²) in [5.74, 6) is 0. The van der Waals surface area contributed by atoms with Crippen LogP contribution in [0.2, 0.25) is 0 Å². The van der Waals surface area contributed by atoms with Gasteiger partial charge in [0.05, 0.1) is 16.8 Å². The van der Waals surface area contributed by atoms with E-state index in [1.54, 1.807) is 6.20 Å². The van der Waals surface area contributed by atoms with Crippen molar-refractivity contribution in [3.63, 3.8) is 0 Å². The van der Waals surface area contributed by atoms with Crippen molar-refractivity contribution in [3.05, 3.63) is 60.3 Å². The van der Waals surface area contributed by atoms with Gasteiger partial charge in [-0.3, -0.25) is 4.98 Å². The molecule has 0 aliphatic rings. The van der Waals surface area contributed by atoms with Crippen molar-refractivity contribution in [2.45, 2.75) is 0 Å². The third-order valence-electron chi connectivity index (χ3n) is 3.53. The number of anilines is 3. The zero-order chi connectivity index (χ0) is 15.5. The molecule has 0 spiro atoms. The van der Waals surface area contributed by atoms with Gasteiger partial charge in [-0.2, -0.15) is 5.26 Å². The van der Waals surface area contributed by atoms with E-state index in [2.05, 4.69) is 22.4 Å². The Bertz CT molecular complexity index is 862. The molecule has 4 nitrogen and oxygen atoms in total. The third kappa shape index (κ3) is 2.57. The molecule has 108 valence electrons. The second-order valence-electron chi connectivity index (χ2n) is 5.25. The molecule has 2 aromatic carbocycles. The minimum atomic E-state index is 0.536. The van der Waals surface area contributed by atoms with Crippen LogP contribution in [0.4, 0.5) is 17.1 Å². The van der Waals surface area contributed by atoms with Crippen LogP contribution in [0.1, 0.15) is 5.56 Å². The predicted octanol–water partition coefficient (Wildman–Crippen LogP) is 3.92. The van der Waals surface area contributed by atoms with Crippen molar-refractivity contribution < 1.29 is 0 Å². The van der Waals surface area contributed by atoms with E-state index in [0.29, 0.717) is 5.56 Å². The lowest BCUT2D eigenvalue weighted by Gasteiger charge is -2.15.